The summed E-state index contributed by atoms with van der Waals surface area (Å²) in [6.07, 6.45) is 2.17. The molecule has 1 rings (SSSR count). The standard InChI is InChI=1S/C14H20O2/c1-4-6-12-7-5-8-13(9-12)10(2)11(3)14(15)16/h5,7-11H,4,6H2,1-3H3,(H,15,16). The maximum atomic E-state index is 10.9. The van der Waals surface area contributed by atoms with E-state index >= 15 is 0 Å². The zero-order chi connectivity index (χ0) is 12.1. The van der Waals surface area contributed by atoms with Gasteiger partial charge in [0.25, 0.3) is 0 Å². The fourth-order valence-electron chi connectivity index (χ4n) is 1.82. The van der Waals surface area contributed by atoms with E-state index in [0.717, 1.165) is 18.4 Å². The van der Waals surface area contributed by atoms with Crippen LogP contribution in [0.5, 0.6) is 0 Å². The van der Waals surface area contributed by atoms with Crippen molar-refractivity contribution in [2.75, 3.05) is 0 Å². The van der Waals surface area contributed by atoms with Crippen molar-refractivity contribution in [1.82, 2.24) is 0 Å². The molecule has 16 heavy (non-hydrogen) atoms. The number of hydrogen-bond acceptors (Lipinski definition) is 1. The minimum atomic E-state index is -0.728. The highest BCUT2D eigenvalue weighted by atomic mass is 16.4. The molecule has 0 radical (unpaired) electrons. The van der Waals surface area contributed by atoms with E-state index in [2.05, 4.69) is 19.1 Å². The van der Waals surface area contributed by atoms with Crippen LogP contribution in [0.2, 0.25) is 0 Å². The van der Waals surface area contributed by atoms with Gasteiger partial charge in [-0.05, 0) is 23.5 Å². The molecule has 0 aromatic heterocycles. The van der Waals surface area contributed by atoms with Crippen LogP contribution < -0.4 is 0 Å². The largest absolute Gasteiger partial charge is 0.481 e. The molecule has 2 atom stereocenters. The predicted molar refractivity (Wildman–Crippen MR) is 65.7 cm³/mol. The molecule has 0 aliphatic rings. The van der Waals surface area contributed by atoms with E-state index in [0.29, 0.717) is 0 Å². The molecule has 0 heterocycles. The molecule has 2 heteroatoms. The van der Waals surface area contributed by atoms with Gasteiger partial charge >= 0.3 is 5.97 Å². The summed E-state index contributed by atoms with van der Waals surface area (Å²) in [7, 11) is 0. The molecule has 1 N–H and O–H groups in total. The van der Waals surface area contributed by atoms with E-state index < -0.39 is 5.97 Å². The highest BCUT2D eigenvalue weighted by Crippen LogP contribution is 2.25. The summed E-state index contributed by atoms with van der Waals surface area (Å²) in [4.78, 5) is 10.9. The van der Waals surface area contributed by atoms with Gasteiger partial charge in [0.2, 0.25) is 0 Å². The van der Waals surface area contributed by atoms with Gasteiger partial charge in [-0.2, -0.15) is 0 Å². The number of carboxylic acid groups (broad SMARTS) is 1. The fraction of sp³-hybridized carbons (Fsp3) is 0.500. The third kappa shape index (κ3) is 3.09. The number of aryl methyl sites for hydroxylation is 1. The highest BCUT2D eigenvalue weighted by Gasteiger charge is 2.20. The van der Waals surface area contributed by atoms with Crippen molar-refractivity contribution in [1.29, 1.82) is 0 Å². The molecule has 0 fully saturated rings. The van der Waals surface area contributed by atoms with Crippen LogP contribution in [0.4, 0.5) is 0 Å². The Bertz CT molecular complexity index is 358. The molecule has 2 unspecified atom stereocenters. The lowest BCUT2D eigenvalue weighted by Gasteiger charge is -2.17. The molecule has 0 aliphatic heterocycles. The first kappa shape index (κ1) is 12.8. The van der Waals surface area contributed by atoms with Gasteiger partial charge in [-0.15, -0.1) is 0 Å². The van der Waals surface area contributed by atoms with Crippen molar-refractivity contribution >= 4 is 5.97 Å². The number of benzene rings is 1. The summed E-state index contributed by atoms with van der Waals surface area (Å²) in [5.41, 5.74) is 2.42. The number of hydrogen-bond donors (Lipinski definition) is 1. The first-order valence-electron chi connectivity index (χ1n) is 5.88. The minimum absolute atomic E-state index is 0.0642. The van der Waals surface area contributed by atoms with Crippen molar-refractivity contribution in [3.05, 3.63) is 35.4 Å². The zero-order valence-electron chi connectivity index (χ0n) is 10.2. The van der Waals surface area contributed by atoms with Gasteiger partial charge in [0.1, 0.15) is 0 Å². The van der Waals surface area contributed by atoms with Crippen LogP contribution in [0.3, 0.4) is 0 Å². The third-order valence-electron chi connectivity index (χ3n) is 3.16. The van der Waals surface area contributed by atoms with Crippen LogP contribution in [0.15, 0.2) is 24.3 Å². The van der Waals surface area contributed by atoms with Crippen molar-refractivity contribution in [3.63, 3.8) is 0 Å². The quantitative estimate of drug-likeness (QED) is 0.825. The first-order chi connectivity index (χ1) is 7.56. The first-order valence-corrected chi connectivity index (χ1v) is 5.88. The van der Waals surface area contributed by atoms with Gasteiger partial charge in [-0.3, -0.25) is 4.79 Å². The predicted octanol–water partition coefficient (Wildman–Crippen LogP) is 3.46. The summed E-state index contributed by atoms with van der Waals surface area (Å²) in [5, 5.41) is 8.99. The lowest BCUT2D eigenvalue weighted by atomic mass is 9.88. The molecule has 0 spiro atoms. The smallest absolute Gasteiger partial charge is 0.306 e. The molecular weight excluding hydrogens is 200 g/mol. The maximum Gasteiger partial charge on any atom is 0.306 e. The van der Waals surface area contributed by atoms with Gasteiger partial charge in [-0.1, -0.05) is 51.5 Å². The molecule has 1 aromatic carbocycles. The van der Waals surface area contributed by atoms with Crippen LogP contribution in [0.1, 0.15) is 44.2 Å². The number of aliphatic carboxylic acids is 1. The minimum Gasteiger partial charge on any atom is -0.481 e. The van der Waals surface area contributed by atoms with Gasteiger partial charge in [0.15, 0.2) is 0 Å². The average Bonchev–Trinajstić information content (AvgIpc) is 2.28. The maximum absolute atomic E-state index is 10.9. The van der Waals surface area contributed by atoms with Gasteiger partial charge in [0, 0.05) is 0 Å². The molecule has 0 amide bonds. The molecule has 88 valence electrons. The Hall–Kier alpha value is -1.31. The Morgan fingerprint density at radius 1 is 1.38 bits per heavy atom. The van der Waals surface area contributed by atoms with Crippen molar-refractivity contribution in [2.45, 2.75) is 39.5 Å². The summed E-state index contributed by atoms with van der Waals surface area (Å²) < 4.78 is 0. The fourth-order valence-corrected chi connectivity index (χ4v) is 1.82. The second-order valence-electron chi connectivity index (χ2n) is 4.41. The molecule has 0 aliphatic carbocycles. The van der Waals surface area contributed by atoms with E-state index in [1.165, 1.54) is 5.56 Å². The van der Waals surface area contributed by atoms with Crippen LogP contribution in [0, 0.1) is 5.92 Å². The SMILES string of the molecule is CCCc1cccc(C(C)C(C)C(=O)O)c1. The summed E-state index contributed by atoms with van der Waals surface area (Å²) in [5.74, 6) is -1.00. The summed E-state index contributed by atoms with van der Waals surface area (Å²) in [6.45, 7) is 5.89. The van der Waals surface area contributed by atoms with Crippen LogP contribution >= 0.6 is 0 Å². The zero-order valence-corrected chi connectivity index (χ0v) is 10.2. The van der Waals surface area contributed by atoms with E-state index in [-0.39, 0.29) is 11.8 Å². The van der Waals surface area contributed by atoms with Gasteiger partial charge in [0.05, 0.1) is 5.92 Å². The normalized spacial score (nSPS) is 14.4. The molecule has 0 saturated heterocycles. The van der Waals surface area contributed by atoms with E-state index in [1.54, 1.807) is 6.92 Å². The Morgan fingerprint density at radius 2 is 2.06 bits per heavy atom. The second-order valence-corrected chi connectivity index (χ2v) is 4.41. The Balaban J connectivity index is 2.86. The number of carbonyl (C=O) groups is 1. The van der Waals surface area contributed by atoms with E-state index in [1.807, 2.05) is 19.1 Å². The van der Waals surface area contributed by atoms with Crippen molar-refractivity contribution in [3.8, 4) is 0 Å². The lowest BCUT2D eigenvalue weighted by Crippen LogP contribution is -2.16. The van der Waals surface area contributed by atoms with E-state index in [4.69, 9.17) is 5.11 Å². The van der Waals surface area contributed by atoms with Crippen molar-refractivity contribution in [2.24, 2.45) is 5.92 Å². The number of carboxylic acids is 1. The summed E-state index contributed by atoms with van der Waals surface area (Å²) in [6, 6.07) is 8.27. The summed E-state index contributed by atoms with van der Waals surface area (Å²) >= 11 is 0. The topological polar surface area (TPSA) is 37.3 Å². The van der Waals surface area contributed by atoms with Crippen LogP contribution in [-0.2, 0) is 11.2 Å². The van der Waals surface area contributed by atoms with Crippen LogP contribution in [0.25, 0.3) is 0 Å². The highest BCUT2D eigenvalue weighted by molar-refractivity contribution is 5.70. The Kier molecular flexibility index (Phi) is 4.53. The van der Waals surface area contributed by atoms with Gasteiger partial charge in [-0.25, -0.2) is 0 Å². The van der Waals surface area contributed by atoms with Gasteiger partial charge < -0.3 is 5.11 Å². The lowest BCUT2D eigenvalue weighted by molar-refractivity contribution is -0.141. The molecule has 0 bridgehead atoms. The van der Waals surface area contributed by atoms with Crippen molar-refractivity contribution < 1.29 is 9.90 Å². The average molecular weight is 220 g/mol. The Labute approximate surface area is 97.3 Å². The molecule has 2 nitrogen and oxygen atoms in total. The van der Waals surface area contributed by atoms with Crippen LogP contribution in [-0.4, -0.2) is 11.1 Å². The molecule has 0 saturated carbocycles. The monoisotopic (exact) mass is 220 g/mol. The molecular formula is C14H20O2. The Morgan fingerprint density at radius 3 is 2.62 bits per heavy atom. The second kappa shape index (κ2) is 5.69. The number of rotatable bonds is 5. The third-order valence-corrected chi connectivity index (χ3v) is 3.16. The van der Waals surface area contributed by atoms with E-state index in [9.17, 15) is 4.79 Å². The molecule has 1 aromatic rings.